The van der Waals surface area contributed by atoms with Gasteiger partial charge in [0.1, 0.15) is 34.9 Å². The van der Waals surface area contributed by atoms with Crippen LogP contribution in [0.4, 0.5) is 9.59 Å². The van der Waals surface area contributed by atoms with Gasteiger partial charge < -0.3 is 25.0 Å². The first-order valence-electron chi connectivity index (χ1n) is 18.1. The second-order valence-electron chi connectivity index (χ2n) is 15.6. The lowest BCUT2D eigenvalue weighted by molar-refractivity contribution is -0.141. The molecule has 2 saturated carbocycles. The molecule has 2 aliphatic carbocycles. The Morgan fingerprint density at radius 3 is 2.40 bits per heavy atom. The van der Waals surface area contributed by atoms with E-state index in [-0.39, 0.29) is 25.8 Å². The van der Waals surface area contributed by atoms with Gasteiger partial charge in [0.05, 0.1) is 12.6 Å². The van der Waals surface area contributed by atoms with Crippen LogP contribution in [0.1, 0.15) is 89.7 Å². The van der Waals surface area contributed by atoms with Gasteiger partial charge in [0, 0.05) is 25.4 Å². The van der Waals surface area contributed by atoms with E-state index in [1.165, 1.54) is 9.80 Å². The molecule has 5 atom stereocenters. The van der Waals surface area contributed by atoms with Gasteiger partial charge in [0.25, 0.3) is 5.91 Å². The normalized spacial score (nSPS) is 28.1. The maximum Gasteiger partial charge on any atom is 0.410 e. The number of alkyl carbamates (subject to hydrolysis) is 1. The number of hydrogen-bond donors (Lipinski definition) is 4. The van der Waals surface area contributed by atoms with Crippen LogP contribution in [-0.2, 0) is 47.2 Å². The molecule has 17 heteroatoms. The Labute approximate surface area is 309 Å². The van der Waals surface area contributed by atoms with E-state index in [2.05, 4.69) is 15.4 Å². The molecule has 0 aromatic heterocycles. The fourth-order valence-electron chi connectivity index (χ4n) is 7.15. The average molecular weight is 754 g/mol. The third kappa shape index (κ3) is 8.93. The molecule has 1 aromatic rings. The maximum absolute atomic E-state index is 14.3. The zero-order chi connectivity index (χ0) is 38.2. The SMILES string of the molecule is CC(C)(C)OC(=O)N[C@H]1CCCCCC=C[C@@H]2C[C@@]2(C(=O)NS(=O)(=O)NC2(C#N)CC2)NC(=O)[C@@H]2C[C@@H](OC(=O)N3Cc4ccccc4C3)CN2C1=O. The minimum Gasteiger partial charge on any atom is -0.444 e. The van der Waals surface area contributed by atoms with Gasteiger partial charge in [0.15, 0.2) is 0 Å². The lowest BCUT2D eigenvalue weighted by atomic mass is 10.0. The lowest BCUT2D eigenvalue weighted by Crippen LogP contribution is -2.59. The standard InChI is InChI=1S/C36H47N7O9S/c1-34(2,3)52-32(47)38-27-14-8-6-4-5-7-13-25-18-36(25,31(46)40-53(49,50)41-35(22-37)15-16-35)39-29(44)28-17-26(21-43(28)30(27)45)51-33(48)42-19-23-11-9-10-12-24(23)20-42/h7,9-13,25-28,41H,4-6,8,14-21H2,1-3H3,(H,38,47)(H,39,44)(H,40,46)/t25-,26-,27+,28+,36-/m1/s1. The summed E-state index contributed by atoms with van der Waals surface area (Å²) in [5.74, 6) is -2.86. The highest BCUT2D eigenvalue weighted by Crippen LogP contribution is 2.46. The van der Waals surface area contributed by atoms with Crippen LogP contribution in [0, 0.1) is 17.2 Å². The molecule has 1 saturated heterocycles. The van der Waals surface area contributed by atoms with Crippen molar-refractivity contribution in [2.75, 3.05) is 6.54 Å². The second-order valence-corrected chi connectivity index (χ2v) is 17.1. The molecule has 4 N–H and O–H groups in total. The molecular weight excluding hydrogens is 707 g/mol. The second kappa shape index (κ2) is 14.6. The van der Waals surface area contributed by atoms with Gasteiger partial charge in [-0.25, -0.2) is 14.3 Å². The molecule has 5 aliphatic rings. The molecule has 3 fully saturated rings. The minimum absolute atomic E-state index is 0.0947. The van der Waals surface area contributed by atoms with E-state index < -0.39 is 80.9 Å². The summed E-state index contributed by atoms with van der Waals surface area (Å²) < 4.78 is 41.4. The van der Waals surface area contributed by atoms with E-state index in [1.54, 1.807) is 26.8 Å². The van der Waals surface area contributed by atoms with Crippen LogP contribution in [0.15, 0.2) is 36.4 Å². The molecule has 0 spiro atoms. The Kier molecular flexibility index (Phi) is 10.5. The van der Waals surface area contributed by atoms with E-state index >= 15 is 0 Å². The number of amides is 5. The summed E-state index contributed by atoms with van der Waals surface area (Å²) in [6, 6.07) is 7.24. The number of carbonyl (C=O) groups is 5. The predicted octanol–water partition coefficient (Wildman–Crippen LogP) is 2.40. The molecular formula is C36H47N7O9S. The molecule has 16 nitrogen and oxygen atoms in total. The van der Waals surface area contributed by atoms with Crippen LogP contribution in [-0.4, -0.2) is 89.5 Å². The third-order valence-electron chi connectivity index (χ3n) is 10.2. The van der Waals surface area contributed by atoms with Crippen LogP contribution in [0.3, 0.4) is 0 Å². The van der Waals surface area contributed by atoms with Crippen molar-refractivity contribution in [2.24, 2.45) is 5.92 Å². The van der Waals surface area contributed by atoms with Crippen LogP contribution in [0.25, 0.3) is 0 Å². The van der Waals surface area contributed by atoms with Crippen molar-refractivity contribution in [2.45, 2.75) is 127 Å². The van der Waals surface area contributed by atoms with Crippen molar-refractivity contribution in [1.82, 2.24) is 29.9 Å². The van der Waals surface area contributed by atoms with Crippen LogP contribution >= 0.6 is 0 Å². The number of carbonyl (C=O) groups excluding carboxylic acids is 5. The summed E-state index contributed by atoms with van der Waals surface area (Å²) in [5.41, 5.74) is -1.80. The Morgan fingerprint density at radius 2 is 1.75 bits per heavy atom. The number of allylic oxidation sites excluding steroid dienone is 1. The summed E-state index contributed by atoms with van der Waals surface area (Å²) in [6.45, 7) is 5.62. The number of fused-ring (bicyclic) bond motifs is 3. The molecule has 0 radical (unpaired) electrons. The van der Waals surface area contributed by atoms with Crippen molar-refractivity contribution in [3.05, 3.63) is 47.5 Å². The minimum atomic E-state index is -4.47. The smallest absolute Gasteiger partial charge is 0.410 e. The van der Waals surface area contributed by atoms with Crippen LogP contribution in [0.2, 0.25) is 0 Å². The number of nitriles is 1. The molecule has 5 amide bonds. The van der Waals surface area contributed by atoms with E-state index in [0.717, 1.165) is 17.5 Å². The number of nitrogens with zero attached hydrogens (tertiary/aromatic N) is 3. The zero-order valence-electron chi connectivity index (χ0n) is 30.2. The summed E-state index contributed by atoms with van der Waals surface area (Å²) in [4.78, 5) is 71.4. The highest BCUT2D eigenvalue weighted by Gasteiger charge is 2.62. The fraction of sp³-hybridized carbons (Fsp3) is 0.611. The van der Waals surface area contributed by atoms with E-state index in [1.807, 2.05) is 41.1 Å². The van der Waals surface area contributed by atoms with Gasteiger partial charge in [-0.3, -0.25) is 19.3 Å². The molecule has 6 rings (SSSR count). The molecule has 53 heavy (non-hydrogen) atoms. The highest BCUT2D eigenvalue weighted by atomic mass is 32.2. The van der Waals surface area contributed by atoms with Gasteiger partial charge in [-0.1, -0.05) is 49.3 Å². The molecule has 0 unspecified atom stereocenters. The predicted molar refractivity (Wildman–Crippen MR) is 188 cm³/mol. The lowest BCUT2D eigenvalue weighted by Gasteiger charge is -2.30. The first kappa shape index (κ1) is 38.0. The molecule has 286 valence electrons. The van der Waals surface area contributed by atoms with Gasteiger partial charge in [0.2, 0.25) is 11.8 Å². The van der Waals surface area contributed by atoms with Crippen molar-refractivity contribution < 1.29 is 41.9 Å². The van der Waals surface area contributed by atoms with E-state index in [0.29, 0.717) is 45.2 Å². The molecule has 0 bridgehead atoms. The molecule has 3 aliphatic heterocycles. The Balaban J connectivity index is 1.25. The largest absolute Gasteiger partial charge is 0.444 e. The number of ether oxygens (including phenoxy) is 2. The zero-order valence-corrected chi connectivity index (χ0v) is 31.0. The first-order chi connectivity index (χ1) is 25.0. The van der Waals surface area contributed by atoms with Crippen molar-refractivity contribution in [1.29, 1.82) is 5.26 Å². The Hall–Kier alpha value is -4.69. The van der Waals surface area contributed by atoms with Gasteiger partial charge >= 0.3 is 22.4 Å². The van der Waals surface area contributed by atoms with E-state index in [9.17, 15) is 37.7 Å². The summed E-state index contributed by atoms with van der Waals surface area (Å²) in [5, 5.41) is 14.8. The van der Waals surface area contributed by atoms with Crippen LogP contribution < -0.4 is 20.1 Å². The van der Waals surface area contributed by atoms with Gasteiger partial charge in [-0.2, -0.15) is 18.4 Å². The fourth-order valence-corrected chi connectivity index (χ4v) is 8.39. The maximum atomic E-state index is 14.3. The van der Waals surface area contributed by atoms with Crippen molar-refractivity contribution in [3.63, 3.8) is 0 Å². The number of benzene rings is 1. The Morgan fingerprint density at radius 1 is 1.06 bits per heavy atom. The third-order valence-corrected chi connectivity index (χ3v) is 11.3. The van der Waals surface area contributed by atoms with Crippen molar-refractivity contribution in [3.8, 4) is 6.07 Å². The van der Waals surface area contributed by atoms with E-state index in [4.69, 9.17) is 9.47 Å². The first-order valence-corrected chi connectivity index (χ1v) is 19.6. The number of nitrogens with one attached hydrogen (secondary N) is 4. The quantitative estimate of drug-likeness (QED) is 0.311. The number of rotatable bonds is 6. The Bertz CT molecular complexity index is 1810. The van der Waals surface area contributed by atoms with Gasteiger partial charge in [-0.15, -0.1) is 0 Å². The number of hydrogen-bond acceptors (Lipinski definition) is 10. The topological polar surface area (TPSA) is 216 Å². The molecule has 3 heterocycles. The van der Waals surface area contributed by atoms with Crippen LogP contribution in [0.5, 0.6) is 0 Å². The highest BCUT2D eigenvalue weighted by molar-refractivity contribution is 7.88. The average Bonchev–Trinajstić information content (AvgIpc) is 3.88. The summed E-state index contributed by atoms with van der Waals surface area (Å²) in [6.07, 6.45) is 4.84. The van der Waals surface area contributed by atoms with Gasteiger partial charge in [-0.05, 0) is 70.4 Å². The van der Waals surface area contributed by atoms with Crippen molar-refractivity contribution >= 4 is 40.1 Å². The summed E-state index contributed by atoms with van der Waals surface area (Å²) >= 11 is 0. The molecule has 1 aromatic carbocycles. The monoisotopic (exact) mass is 753 g/mol. The summed E-state index contributed by atoms with van der Waals surface area (Å²) in [7, 11) is -4.47.